The first-order valence-corrected chi connectivity index (χ1v) is 1.85. The molecule has 34 valence electrons. The minimum Gasteiger partial charge on any atom is -0.361 e. The minimum absolute atomic E-state index is 0.500. The van der Waals surface area contributed by atoms with E-state index in [4.69, 9.17) is 5.53 Å². The standard InChI is InChI=1S/C4H3N3/c5-7-4-1-2-6-3-4/h1-3H. The summed E-state index contributed by atoms with van der Waals surface area (Å²) in [4.78, 5) is 6.51. The van der Waals surface area contributed by atoms with Crippen LogP contribution in [0, 0.1) is 0 Å². The summed E-state index contributed by atoms with van der Waals surface area (Å²) < 4.78 is 0. The summed E-state index contributed by atoms with van der Waals surface area (Å²) in [5, 5.41) is 0. The van der Waals surface area contributed by atoms with Crippen molar-refractivity contribution in [1.29, 1.82) is 0 Å². The number of hydrogen-bond donors (Lipinski definition) is 0. The van der Waals surface area contributed by atoms with Crippen molar-refractivity contribution in [2.45, 2.75) is 0 Å². The lowest BCUT2D eigenvalue weighted by Gasteiger charge is -1.56. The summed E-state index contributed by atoms with van der Waals surface area (Å²) in [6, 6.07) is 0. The molecule has 7 heavy (non-hydrogen) atoms. The first-order chi connectivity index (χ1) is 3.43. The fraction of sp³-hybridized carbons (Fsp3) is 0. The van der Waals surface area contributed by atoms with E-state index in [1.165, 1.54) is 6.21 Å². The van der Waals surface area contributed by atoms with Crippen LogP contribution >= 0.6 is 0 Å². The second-order valence-electron chi connectivity index (χ2n) is 1.12. The van der Waals surface area contributed by atoms with Gasteiger partial charge in [0.1, 0.15) is 6.21 Å². The third-order valence-electron chi connectivity index (χ3n) is 0.654. The molecule has 0 aromatic heterocycles. The van der Waals surface area contributed by atoms with Crippen molar-refractivity contribution in [1.82, 2.24) is 0 Å². The van der Waals surface area contributed by atoms with Gasteiger partial charge in [-0.15, -0.1) is 0 Å². The lowest BCUT2D eigenvalue weighted by Crippen LogP contribution is -1.89. The monoisotopic (exact) mass is 93.0 g/mol. The van der Waals surface area contributed by atoms with Crippen molar-refractivity contribution in [3.05, 3.63) is 17.8 Å². The van der Waals surface area contributed by atoms with Crippen LogP contribution in [0.25, 0.3) is 5.53 Å². The first kappa shape index (κ1) is 3.96. The zero-order chi connectivity index (χ0) is 5.11. The fourth-order valence-electron chi connectivity index (χ4n) is 0.341. The molecule has 0 aromatic rings. The Morgan fingerprint density at radius 1 is 1.71 bits per heavy atom. The number of rotatable bonds is 0. The molecule has 0 fully saturated rings. The van der Waals surface area contributed by atoms with Gasteiger partial charge in [0.05, 0.1) is 0 Å². The molecule has 1 aliphatic heterocycles. The highest BCUT2D eigenvalue weighted by Crippen LogP contribution is 1.83. The molecule has 0 atom stereocenters. The summed E-state index contributed by atoms with van der Waals surface area (Å²) >= 11 is 0. The van der Waals surface area contributed by atoms with Crippen molar-refractivity contribution in [3.63, 3.8) is 0 Å². The maximum atomic E-state index is 8.01. The van der Waals surface area contributed by atoms with E-state index in [1.807, 2.05) is 0 Å². The quantitative estimate of drug-likeness (QED) is 0.304. The largest absolute Gasteiger partial charge is 0.361 e. The van der Waals surface area contributed by atoms with E-state index in [0.717, 1.165) is 0 Å². The van der Waals surface area contributed by atoms with Gasteiger partial charge in [-0.2, -0.15) is 4.79 Å². The molecule has 3 nitrogen and oxygen atoms in total. The average Bonchev–Trinajstić information content (AvgIpc) is 2.14. The van der Waals surface area contributed by atoms with Gasteiger partial charge in [0.15, 0.2) is 0 Å². The van der Waals surface area contributed by atoms with Crippen LogP contribution in [-0.2, 0) is 0 Å². The summed E-state index contributed by atoms with van der Waals surface area (Å²) in [5.74, 6) is 0. The van der Waals surface area contributed by atoms with Gasteiger partial charge in [0.25, 0.3) is 0 Å². The number of hydrogen-bond acceptors (Lipinski definition) is 1. The van der Waals surface area contributed by atoms with Gasteiger partial charge < -0.3 is 5.53 Å². The number of nitrogens with zero attached hydrogens (tertiary/aromatic N) is 3. The van der Waals surface area contributed by atoms with E-state index < -0.39 is 0 Å². The molecule has 0 unspecified atom stereocenters. The predicted molar refractivity (Wildman–Crippen MR) is 26.3 cm³/mol. The molecule has 1 aliphatic rings. The zero-order valence-corrected chi connectivity index (χ0v) is 3.57. The Kier molecular flexibility index (Phi) is 0.845. The molecule has 0 saturated heterocycles. The topological polar surface area (TPSA) is 48.8 Å². The Morgan fingerprint density at radius 3 is 2.86 bits per heavy atom. The normalized spacial score (nSPS) is 15.1. The van der Waals surface area contributed by atoms with E-state index in [0.29, 0.717) is 5.71 Å². The van der Waals surface area contributed by atoms with Crippen LogP contribution in [0.1, 0.15) is 0 Å². The van der Waals surface area contributed by atoms with Crippen LogP contribution in [-0.4, -0.2) is 16.7 Å². The lowest BCUT2D eigenvalue weighted by molar-refractivity contribution is 0.000736. The molecule has 1 heterocycles. The molecule has 1 rings (SSSR count). The second-order valence-corrected chi connectivity index (χ2v) is 1.12. The van der Waals surface area contributed by atoms with Gasteiger partial charge in [0, 0.05) is 12.3 Å². The SMILES string of the molecule is [N-]=[N+]=C1C=CN=C1. The van der Waals surface area contributed by atoms with Gasteiger partial charge >= 0.3 is 5.71 Å². The summed E-state index contributed by atoms with van der Waals surface area (Å²) in [7, 11) is 0. The van der Waals surface area contributed by atoms with Crippen molar-refractivity contribution in [2.75, 3.05) is 0 Å². The van der Waals surface area contributed by atoms with Gasteiger partial charge in [-0.25, -0.2) is 0 Å². The summed E-state index contributed by atoms with van der Waals surface area (Å²) in [6.45, 7) is 0. The lowest BCUT2D eigenvalue weighted by atomic mass is 10.4. The van der Waals surface area contributed by atoms with Crippen LogP contribution in [0.5, 0.6) is 0 Å². The minimum atomic E-state index is 0.500. The van der Waals surface area contributed by atoms with Gasteiger partial charge in [-0.05, 0) is 0 Å². The molecule has 0 bridgehead atoms. The summed E-state index contributed by atoms with van der Waals surface area (Å²) in [6.07, 6.45) is 4.65. The number of allylic oxidation sites excluding steroid dienone is 1. The highest BCUT2D eigenvalue weighted by atomic mass is 14.9. The molecule has 0 N–H and O–H groups in total. The zero-order valence-electron chi connectivity index (χ0n) is 3.57. The Bertz CT molecular complexity index is 157. The molecule has 0 aliphatic carbocycles. The third kappa shape index (κ3) is 0.614. The highest BCUT2D eigenvalue weighted by molar-refractivity contribution is 6.34. The fourth-order valence-corrected chi connectivity index (χ4v) is 0.341. The highest BCUT2D eigenvalue weighted by Gasteiger charge is 1.98. The predicted octanol–water partition coefficient (Wildman–Crippen LogP) is 0.255. The average molecular weight is 93.1 g/mol. The van der Waals surface area contributed by atoms with Gasteiger partial charge in [-0.3, -0.25) is 4.99 Å². The Hall–Kier alpha value is -1.21. The molecule has 3 heteroatoms. The smallest absolute Gasteiger partial charge is 0.334 e. The third-order valence-corrected chi connectivity index (χ3v) is 0.654. The van der Waals surface area contributed by atoms with Gasteiger partial charge in [0.2, 0.25) is 0 Å². The molecular weight excluding hydrogens is 90.1 g/mol. The molecule has 0 radical (unpaired) electrons. The molecule has 0 spiro atoms. The van der Waals surface area contributed by atoms with Gasteiger partial charge in [-0.1, -0.05) is 0 Å². The molecule has 0 saturated carbocycles. The van der Waals surface area contributed by atoms with E-state index in [1.54, 1.807) is 12.3 Å². The van der Waals surface area contributed by atoms with Crippen LogP contribution in [0.4, 0.5) is 0 Å². The van der Waals surface area contributed by atoms with E-state index in [-0.39, 0.29) is 0 Å². The van der Waals surface area contributed by atoms with Crippen LogP contribution in [0.2, 0.25) is 0 Å². The second kappa shape index (κ2) is 1.49. The Labute approximate surface area is 40.6 Å². The van der Waals surface area contributed by atoms with Crippen molar-refractivity contribution < 1.29 is 4.79 Å². The van der Waals surface area contributed by atoms with E-state index in [9.17, 15) is 0 Å². The van der Waals surface area contributed by atoms with Crippen LogP contribution in [0.3, 0.4) is 0 Å². The van der Waals surface area contributed by atoms with Crippen LogP contribution < -0.4 is 0 Å². The maximum Gasteiger partial charge on any atom is 0.334 e. The summed E-state index contributed by atoms with van der Waals surface area (Å²) in [5.41, 5.74) is 8.51. The number of aliphatic imine (C=N–C) groups is 1. The molecule has 0 aromatic carbocycles. The van der Waals surface area contributed by atoms with E-state index in [2.05, 4.69) is 9.78 Å². The molecule has 0 amide bonds. The maximum absolute atomic E-state index is 8.01. The van der Waals surface area contributed by atoms with Crippen molar-refractivity contribution in [3.8, 4) is 0 Å². The van der Waals surface area contributed by atoms with Crippen molar-refractivity contribution >= 4 is 11.9 Å². The Morgan fingerprint density at radius 2 is 2.57 bits per heavy atom. The van der Waals surface area contributed by atoms with Crippen molar-refractivity contribution in [2.24, 2.45) is 4.99 Å². The Balaban J connectivity index is 3.00. The van der Waals surface area contributed by atoms with E-state index >= 15 is 0 Å². The molecular formula is C4H3N3. The van der Waals surface area contributed by atoms with Crippen LogP contribution in [0.15, 0.2) is 17.3 Å². The first-order valence-electron chi connectivity index (χ1n) is 1.85.